The zero-order chi connectivity index (χ0) is 43.2. The van der Waals surface area contributed by atoms with Gasteiger partial charge in [-0.3, -0.25) is 14.6 Å². The lowest BCUT2D eigenvalue weighted by molar-refractivity contribution is -0.124. The van der Waals surface area contributed by atoms with E-state index in [0.29, 0.717) is 47.4 Å². The summed E-state index contributed by atoms with van der Waals surface area (Å²) in [6, 6.07) is 42.6. The summed E-state index contributed by atoms with van der Waals surface area (Å²) in [7, 11) is -0.00536. The molecule has 1 aliphatic carbocycles. The monoisotopic (exact) mass is 844 g/mol. The summed E-state index contributed by atoms with van der Waals surface area (Å²) in [5.74, 6) is 0.243. The molecule has 4 aromatic carbocycles. The summed E-state index contributed by atoms with van der Waals surface area (Å²) in [5, 5.41) is 5.17. The van der Waals surface area contributed by atoms with Gasteiger partial charge in [0.25, 0.3) is 0 Å². The van der Waals surface area contributed by atoms with Crippen LogP contribution in [-0.2, 0) is 21.4 Å². The van der Waals surface area contributed by atoms with E-state index >= 15 is 0 Å². The number of nitrogens with zero attached hydrogens (tertiary/aromatic N) is 7. The van der Waals surface area contributed by atoms with E-state index in [1.165, 1.54) is 10.5 Å². The molecule has 13 heteroatoms. The number of para-hydroxylation sites is 2. The van der Waals surface area contributed by atoms with Crippen LogP contribution in [0.25, 0.3) is 43.9 Å². The number of hydrogen-bond donors (Lipinski definition) is 0. The van der Waals surface area contributed by atoms with Gasteiger partial charge in [-0.1, -0.05) is 59.7 Å². The van der Waals surface area contributed by atoms with Crippen LogP contribution in [0.1, 0.15) is 48.2 Å². The Kier molecular flexibility index (Phi) is 12.4. The minimum atomic E-state index is -4.01. The van der Waals surface area contributed by atoms with E-state index in [2.05, 4.69) is 24.5 Å². The molecule has 0 atom stereocenters. The number of piperidine rings is 1. The second-order valence-electron chi connectivity index (χ2n) is 15.5. The molecule has 1 fully saturated rings. The molecule has 3 heterocycles. The lowest BCUT2D eigenvalue weighted by atomic mass is 9.90. The number of hydrogen-bond acceptors (Lipinski definition) is 8. The van der Waals surface area contributed by atoms with Gasteiger partial charge < -0.3 is 9.32 Å². The minimum Gasteiger partial charge on any atom is -0.456 e. The fourth-order valence-corrected chi connectivity index (χ4v) is 9.86. The van der Waals surface area contributed by atoms with Crippen LogP contribution in [0.5, 0.6) is 0 Å². The van der Waals surface area contributed by atoms with Gasteiger partial charge in [-0.15, -0.1) is 0 Å². The zero-order valence-electron chi connectivity index (χ0n) is 34.6. The van der Waals surface area contributed by atoms with Crippen molar-refractivity contribution in [2.45, 2.75) is 43.5 Å². The van der Waals surface area contributed by atoms with Crippen LogP contribution in [-0.4, -0.2) is 56.5 Å². The molecule has 0 saturated carbocycles. The van der Waals surface area contributed by atoms with Crippen molar-refractivity contribution in [2.75, 3.05) is 32.1 Å². The van der Waals surface area contributed by atoms with Crippen LogP contribution in [0.4, 0.5) is 17.1 Å². The SMILES string of the molecule is CN(c1ccccc1)c1ccc2c(-c3ccccc3S(=O)(=O)N3CCC(C(=O)CCCC(=O)c4ccc(CN=[N+]=[N-])nc4)CC3)c3ccc(=[N+](C)c4ccccc4)cc-3oc2c1. The Morgan fingerprint density at radius 1 is 0.855 bits per heavy atom. The molecular formula is C49H46N7O5S+. The van der Waals surface area contributed by atoms with Crippen molar-refractivity contribution in [2.24, 2.45) is 11.0 Å². The number of rotatable bonds is 14. The van der Waals surface area contributed by atoms with Crippen LogP contribution in [0.15, 0.2) is 154 Å². The molecule has 2 aliphatic heterocycles. The minimum absolute atomic E-state index is 0.0404. The van der Waals surface area contributed by atoms with Crippen LogP contribution in [0, 0.1) is 5.92 Å². The molecule has 1 aromatic heterocycles. The number of aromatic nitrogens is 1. The molecule has 1 saturated heterocycles. The van der Waals surface area contributed by atoms with Crippen molar-refractivity contribution in [1.29, 1.82) is 0 Å². The number of sulfonamides is 1. The predicted octanol–water partition coefficient (Wildman–Crippen LogP) is 9.93. The third kappa shape index (κ3) is 8.78. The molecule has 0 spiro atoms. The number of carbonyl (C=O) groups excluding carboxylic acids is 2. The maximum atomic E-state index is 14.7. The van der Waals surface area contributed by atoms with Gasteiger partial charge in [-0.05, 0) is 73.3 Å². The second-order valence-corrected chi connectivity index (χ2v) is 17.4. The van der Waals surface area contributed by atoms with Crippen molar-refractivity contribution in [3.63, 3.8) is 0 Å². The fourth-order valence-electron chi connectivity index (χ4n) is 8.19. The van der Waals surface area contributed by atoms with Gasteiger partial charge in [0, 0.05) is 119 Å². The van der Waals surface area contributed by atoms with Crippen molar-refractivity contribution < 1.29 is 22.4 Å². The van der Waals surface area contributed by atoms with Crippen LogP contribution in [0.3, 0.4) is 0 Å². The van der Waals surface area contributed by atoms with E-state index in [-0.39, 0.29) is 54.9 Å². The first-order valence-corrected chi connectivity index (χ1v) is 22.1. The van der Waals surface area contributed by atoms with Crippen molar-refractivity contribution in [3.05, 3.63) is 167 Å². The molecule has 0 unspecified atom stereocenters. The maximum Gasteiger partial charge on any atom is 0.243 e. The smallest absolute Gasteiger partial charge is 0.243 e. The zero-order valence-corrected chi connectivity index (χ0v) is 35.4. The lowest BCUT2D eigenvalue weighted by Crippen LogP contribution is -2.40. The number of pyridine rings is 1. The number of Topliss-reactive ketones (excluding diaryl/α,β-unsaturated/α-hetero) is 2. The van der Waals surface area contributed by atoms with Gasteiger partial charge in [-0.25, -0.2) is 8.42 Å². The second kappa shape index (κ2) is 18.4. The van der Waals surface area contributed by atoms with Crippen LogP contribution >= 0.6 is 0 Å². The highest BCUT2D eigenvalue weighted by molar-refractivity contribution is 7.89. The Labute approximate surface area is 360 Å². The van der Waals surface area contributed by atoms with E-state index in [9.17, 15) is 18.0 Å². The largest absolute Gasteiger partial charge is 0.456 e. The molecule has 8 rings (SSSR count). The number of carbonyl (C=O) groups is 2. The molecule has 0 bridgehead atoms. The van der Waals surface area contributed by atoms with Gasteiger partial charge in [0.1, 0.15) is 24.2 Å². The van der Waals surface area contributed by atoms with E-state index < -0.39 is 10.0 Å². The fraction of sp³-hybridized carbons (Fsp3) is 0.224. The number of azide groups is 1. The highest BCUT2D eigenvalue weighted by Crippen LogP contribution is 2.44. The number of anilines is 2. The summed E-state index contributed by atoms with van der Waals surface area (Å²) < 4.78 is 39.8. The molecule has 312 valence electrons. The van der Waals surface area contributed by atoms with Gasteiger partial charge in [-0.2, -0.15) is 8.88 Å². The molecule has 0 radical (unpaired) electrons. The first-order valence-electron chi connectivity index (χ1n) is 20.6. The summed E-state index contributed by atoms with van der Waals surface area (Å²) in [5.41, 5.74) is 15.1. The van der Waals surface area contributed by atoms with Crippen LogP contribution in [0.2, 0.25) is 0 Å². The van der Waals surface area contributed by atoms with Gasteiger partial charge in [0.05, 0.1) is 17.5 Å². The van der Waals surface area contributed by atoms with Crippen molar-refractivity contribution >= 4 is 49.6 Å². The quantitative estimate of drug-likeness (QED) is 0.0264. The summed E-state index contributed by atoms with van der Waals surface area (Å²) in [6.45, 7) is 0.513. The van der Waals surface area contributed by atoms with Crippen molar-refractivity contribution in [1.82, 2.24) is 13.9 Å². The Bertz CT molecular complexity index is 2960. The number of ketones is 2. The predicted molar refractivity (Wildman–Crippen MR) is 242 cm³/mol. The van der Waals surface area contributed by atoms with E-state index in [1.807, 2.05) is 123 Å². The lowest BCUT2D eigenvalue weighted by Gasteiger charge is -2.31. The highest BCUT2D eigenvalue weighted by atomic mass is 32.2. The Balaban J connectivity index is 1.06. The molecule has 3 aliphatic rings. The van der Waals surface area contributed by atoms with Gasteiger partial charge >= 0.3 is 0 Å². The maximum absolute atomic E-state index is 14.7. The molecule has 0 amide bonds. The molecule has 12 nitrogen and oxygen atoms in total. The Morgan fingerprint density at radius 3 is 2.31 bits per heavy atom. The molecule has 0 N–H and O–H groups in total. The standard InChI is InChI=1S/C49H46N7O5S/c1-54(37-12-5-3-6-13-37)39-22-24-41-46(30-39)61-47-31-40(55(2)38-14-7-4-8-15-38)23-25-42(47)49(41)43-16-9-10-19-48(43)62(59,60)56-28-26-34(27-29-56)44(57)17-11-18-45(58)35-20-21-36(51-32-35)33-52-53-50/h3-10,12-16,19-25,30-32,34H,11,17-18,26-29,33H2,1-2H3/q+1. The van der Waals surface area contributed by atoms with Crippen molar-refractivity contribution in [3.8, 4) is 22.5 Å². The first kappa shape index (κ1) is 41.8. The van der Waals surface area contributed by atoms with E-state index in [4.69, 9.17) is 9.95 Å². The molecule has 5 aromatic rings. The Morgan fingerprint density at radius 2 is 1.58 bits per heavy atom. The first-order chi connectivity index (χ1) is 30.1. The highest BCUT2D eigenvalue weighted by Gasteiger charge is 2.34. The Hall–Kier alpha value is -6.92. The topological polar surface area (TPSA) is 153 Å². The van der Waals surface area contributed by atoms with E-state index in [1.54, 1.807) is 24.3 Å². The summed E-state index contributed by atoms with van der Waals surface area (Å²) in [4.78, 5) is 35.3. The molecule has 62 heavy (non-hydrogen) atoms. The number of fused-ring (bicyclic) bond motifs is 2. The van der Waals surface area contributed by atoms with Crippen LogP contribution < -0.4 is 14.8 Å². The summed E-state index contributed by atoms with van der Waals surface area (Å²) >= 11 is 0. The average molecular weight is 845 g/mol. The van der Waals surface area contributed by atoms with Gasteiger partial charge in [0.15, 0.2) is 5.78 Å². The molecular weight excluding hydrogens is 799 g/mol. The number of benzene rings is 5. The third-order valence-electron chi connectivity index (χ3n) is 11.7. The summed E-state index contributed by atoms with van der Waals surface area (Å²) in [6.07, 6.45) is 3.08. The third-order valence-corrected chi connectivity index (χ3v) is 13.7. The van der Waals surface area contributed by atoms with Gasteiger partial charge in [0.2, 0.25) is 21.1 Å². The average Bonchev–Trinajstić information content (AvgIpc) is 3.32. The normalized spacial score (nSPS) is 14.0. The van der Waals surface area contributed by atoms with E-state index in [0.717, 1.165) is 38.9 Å².